The zero-order valence-corrected chi connectivity index (χ0v) is 14.8. The fourth-order valence-corrected chi connectivity index (χ4v) is 5.78. The molecule has 2 fully saturated rings. The topological polar surface area (TPSA) is 58.6 Å². The molecule has 1 aliphatic heterocycles. The van der Waals surface area contributed by atoms with Gasteiger partial charge in [-0.3, -0.25) is 0 Å². The molecular formula is C22H23NO3. The Morgan fingerprint density at radius 1 is 1.15 bits per heavy atom. The first-order valence-electron chi connectivity index (χ1n) is 9.43. The van der Waals surface area contributed by atoms with Crippen molar-refractivity contribution in [1.29, 1.82) is 0 Å². The van der Waals surface area contributed by atoms with E-state index in [-0.39, 0.29) is 6.04 Å². The maximum atomic E-state index is 11.5. The van der Waals surface area contributed by atoms with Crippen LogP contribution in [0.3, 0.4) is 0 Å². The summed E-state index contributed by atoms with van der Waals surface area (Å²) in [5.74, 6) is 2.43. The third-order valence-corrected chi connectivity index (χ3v) is 6.79. The van der Waals surface area contributed by atoms with Crippen LogP contribution in [0, 0.1) is 17.8 Å². The summed E-state index contributed by atoms with van der Waals surface area (Å²) >= 11 is 0. The van der Waals surface area contributed by atoms with Crippen molar-refractivity contribution in [3.05, 3.63) is 59.2 Å². The van der Waals surface area contributed by atoms with Crippen LogP contribution >= 0.6 is 0 Å². The van der Waals surface area contributed by atoms with E-state index in [1.807, 2.05) is 18.2 Å². The van der Waals surface area contributed by atoms with E-state index < -0.39 is 5.97 Å². The summed E-state index contributed by atoms with van der Waals surface area (Å²) in [6.45, 7) is 0. The van der Waals surface area contributed by atoms with Gasteiger partial charge in [-0.1, -0.05) is 12.1 Å². The normalized spacial score (nSPS) is 31.0. The number of ether oxygens (including phenoxy) is 1. The molecular weight excluding hydrogens is 326 g/mol. The Hall–Kier alpha value is -2.49. The third kappa shape index (κ3) is 2.24. The summed E-state index contributed by atoms with van der Waals surface area (Å²) in [6.07, 6.45) is 3.84. The van der Waals surface area contributed by atoms with E-state index in [1.54, 1.807) is 13.2 Å². The predicted octanol–water partition coefficient (Wildman–Crippen LogP) is 4.69. The van der Waals surface area contributed by atoms with Gasteiger partial charge in [0.25, 0.3) is 0 Å². The zero-order valence-electron chi connectivity index (χ0n) is 14.8. The van der Waals surface area contributed by atoms with Gasteiger partial charge >= 0.3 is 5.97 Å². The van der Waals surface area contributed by atoms with Gasteiger partial charge in [0.15, 0.2) is 0 Å². The van der Waals surface area contributed by atoms with Gasteiger partial charge in [-0.15, -0.1) is 0 Å². The van der Waals surface area contributed by atoms with E-state index in [4.69, 9.17) is 4.74 Å². The Kier molecular flexibility index (Phi) is 3.49. The molecule has 1 heterocycles. The second-order valence-corrected chi connectivity index (χ2v) is 7.94. The summed E-state index contributed by atoms with van der Waals surface area (Å²) in [6, 6.07) is 14.2. The number of hydrogen-bond acceptors (Lipinski definition) is 3. The highest BCUT2D eigenvalue weighted by Crippen LogP contribution is 2.63. The number of benzene rings is 2. The molecule has 2 N–H and O–H groups in total. The largest absolute Gasteiger partial charge is 0.497 e. The molecule has 3 aliphatic rings. The number of carbonyl (C=O) groups is 1. The fraction of sp³-hybridized carbons (Fsp3) is 0.409. The first-order valence-corrected chi connectivity index (χ1v) is 9.43. The highest BCUT2D eigenvalue weighted by Gasteiger charge is 2.53. The summed E-state index contributed by atoms with van der Waals surface area (Å²) in [7, 11) is 1.70. The van der Waals surface area contributed by atoms with Crippen molar-refractivity contribution in [2.75, 3.05) is 12.4 Å². The van der Waals surface area contributed by atoms with Crippen LogP contribution in [0.1, 0.15) is 52.7 Å². The standard InChI is InChI=1S/C22H23NO3/c1-26-16-4-2-3-14(10-16)21-20-13-6-5-12(9-13)19(20)17-11-15(22(24)25)7-8-18(17)23-21/h2-4,7-8,10-13,19-21,23H,5-6,9H2,1H3,(H,24,25). The van der Waals surface area contributed by atoms with Gasteiger partial charge in [-0.2, -0.15) is 0 Å². The lowest BCUT2D eigenvalue weighted by Crippen LogP contribution is -2.35. The molecule has 4 heteroatoms. The van der Waals surface area contributed by atoms with Gasteiger partial charge in [0.05, 0.1) is 18.7 Å². The van der Waals surface area contributed by atoms with Crippen LogP contribution < -0.4 is 10.1 Å². The predicted molar refractivity (Wildman–Crippen MR) is 99.8 cm³/mol. The van der Waals surface area contributed by atoms with E-state index in [0.29, 0.717) is 23.3 Å². The minimum Gasteiger partial charge on any atom is -0.497 e. The number of carboxylic acid groups (broad SMARTS) is 1. The number of rotatable bonds is 3. The van der Waals surface area contributed by atoms with Gasteiger partial charge in [-0.25, -0.2) is 4.79 Å². The zero-order chi connectivity index (χ0) is 17.8. The van der Waals surface area contributed by atoms with E-state index in [2.05, 4.69) is 23.5 Å². The van der Waals surface area contributed by atoms with Crippen molar-refractivity contribution >= 4 is 11.7 Å². The van der Waals surface area contributed by atoms with Gasteiger partial charge in [-0.05, 0) is 84.4 Å². The SMILES string of the molecule is COc1cccc(C2Nc3ccc(C(=O)O)cc3C3C4CCC(C4)C23)c1. The average Bonchev–Trinajstić information content (AvgIpc) is 3.29. The number of anilines is 1. The molecule has 2 aliphatic carbocycles. The van der Waals surface area contributed by atoms with E-state index >= 15 is 0 Å². The molecule has 2 aromatic carbocycles. The van der Waals surface area contributed by atoms with Crippen LogP contribution in [0.15, 0.2) is 42.5 Å². The summed E-state index contributed by atoms with van der Waals surface area (Å²) in [5.41, 5.74) is 3.96. The Balaban J connectivity index is 1.62. The monoisotopic (exact) mass is 349 g/mol. The lowest BCUT2D eigenvalue weighted by molar-refractivity contribution is 0.0696. The minimum absolute atomic E-state index is 0.258. The molecule has 5 atom stereocenters. The molecule has 26 heavy (non-hydrogen) atoms. The number of methoxy groups -OCH3 is 1. The summed E-state index contributed by atoms with van der Waals surface area (Å²) in [5, 5.41) is 13.2. The smallest absolute Gasteiger partial charge is 0.335 e. The third-order valence-electron chi connectivity index (χ3n) is 6.79. The number of fused-ring (bicyclic) bond motifs is 7. The molecule has 4 nitrogen and oxygen atoms in total. The minimum atomic E-state index is -0.845. The molecule has 2 bridgehead atoms. The maximum Gasteiger partial charge on any atom is 0.335 e. The first kappa shape index (κ1) is 15.7. The Morgan fingerprint density at radius 2 is 2.00 bits per heavy atom. The molecule has 134 valence electrons. The highest BCUT2D eigenvalue weighted by molar-refractivity contribution is 5.88. The second kappa shape index (κ2) is 5.76. The quantitative estimate of drug-likeness (QED) is 0.844. The number of carboxylic acids is 1. The van der Waals surface area contributed by atoms with Crippen molar-refractivity contribution < 1.29 is 14.6 Å². The van der Waals surface area contributed by atoms with Crippen molar-refractivity contribution in [2.45, 2.75) is 31.2 Å². The molecule has 5 rings (SSSR count). The lowest BCUT2D eigenvalue weighted by atomic mass is 9.68. The highest BCUT2D eigenvalue weighted by atomic mass is 16.5. The van der Waals surface area contributed by atoms with Crippen LogP contribution in [0.4, 0.5) is 5.69 Å². The Morgan fingerprint density at radius 3 is 2.81 bits per heavy atom. The van der Waals surface area contributed by atoms with Gasteiger partial charge in [0.2, 0.25) is 0 Å². The molecule has 2 saturated carbocycles. The van der Waals surface area contributed by atoms with Gasteiger partial charge in [0, 0.05) is 5.69 Å². The van der Waals surface area contributed by atoms with E-state index in [1.165, 1.54) is 30.4 Å². The molecule has 0 spiro atoms. The fourth-order valence-electron chi connectivity index (χ4n) is 5.78. The lowest BCUT2D eigenvalue weighted by Gasteiger charge is -2.43. The van der Waals surface area contributed by atoms with Gasteiger partial charge < -0.3 is 15.2 Å². The van der Waals surface area contributed by atoms with Crippen molar-refractivity contribution in [2.24, 2.45) is 17.8 Å². The second-order valence-electron chi connectivity index (χ2n) is 7.94. The number of aromatic carboxylic acids is 1. The van der Waals surface area contributed by atoms with Crippen LogP contribution in [-0.2, 0) is 0 Å². The maximum absolute atomic E-state index is 11.5. The van der Waals surface area contributed by atoms with Crippen LogP contribution in [-0.4, -0.2) is 18.2 Å². The van der Waals surface area contributed by atoms with Crippen LogP contribution in [0.2, 0.25) is 0 Å². The Labute approximate surface area is 153 Å². The first-order chi connectivity index (χ1) is 12.7. The summed E-state index contributed by atoms with van der Waals surface area (Å²) < 4.78 is 5.44. The van der Waals surface area contributed by atoms with Crippen molar-refractivity contribution in [3.63, 3.8) is 0 Å². The molecule has 0 saturated heterocycles. The van der Waals surface area contributed by atoms with Crippen molar-refractivity contribution in [3.8, 4) is 5.75 Å². The number of hydrogen-bond donors (Lipinski definition) is 2. The molecule has 0 aromatic heterocycles. The Bertz CT molecular complexity index is 877. The van der Waals surface area contributed by atoms with Gasteiger partial charge in [0.1, 0.15) is 5.75 Å². The molecule has 0 amide bonds. The summed E-state index contributed by atoms with van der Waals surface area (Å²) in [4.78, 5) is 11.5. The van der Waals surface area contributed by atoms with Crippen molar-refractivity contribution in [1.82, 2.24) is 0 Å². The average molecular weight is 349 g/mol. The molecule has 5 unspecified atom stereocenters. The van der Waals surface area contributed by atoms with E-state index in [9.17, 15) is 9.90 Å². The van der Waals surface area contributed by atoms with E-state index in [0.717, 1.165) is 17.4 Å². The molecule has 0 radical (unpaired) electrons. The van der Waals surface area contributed by atoms with Crippen LogP contribution in [0.5, 0.6) is 5.75 Å². The number of nitrogens with one attached hydrogen (secondary N) is 1. The van der Waals surface area contributed by atoms with Crippen LogP contribution in [0.25, 0.3) is 0 Å². The molecule has 2 aromatic rings.